The molecule has 1 heterocycles. The molecule has 1 fully saturated rings. The number of benzene rings is 2. The van der Waals surface area contributed by atoms with E-state index in [0.717, 1.165) is 49.5 Å². The predicted molar refractivity (Wildman–Crippen MR) is 132 cm³/mol. The molecule has 0 saturated carbocycles. The minimum atomic E-state index is -0.115. The van der Waals surface area contributed by atoms with Crippen LogP contribution in [0.5, 0.6) is 11.5 Å². The summed E-state index contributed by atoms with van der Waals surface area (Å²) in [5.41, 5.74) is 2.31. The average molecular weight is 454 g/mol. The minimum Gasteiger partial charge on any atom is -0.497 e. The van der Waals surface area contributed by atoms with Gasteiger partial charge in [0.2, 0.25) is 5.91 Å². The van der Waals surface area contributed by atoms with Crippen LogP contribution in [0.2, 0.25) is 0 Å². The molecule has 2 atom stereocenters. The fraction of sp³-hybridized carbons (Fsp3) is 0.536. The number of amides is 1. The lowest BCUT2D eigenvalue weighted by molar-refractivity contribution is -0.131. The van der Waals surface area contributed by atoms with E-state index in [0.29, 0.717) is 24.8 Å². The highest BCUT2D eigenvalue weighted by molar-refractivity contribution is 5.75. The third-order valence-electron chi connectivity index (χ3n) is 6.75. The number of methoxy groups -OCH3 is 2. The van der Waals surface area contributed by atoms with Crippen LogP contribution in [0.25, 0.3) is 0 Å². The molecule has 1 saturated heterocycles. The third-order valence-corrected chi connectivity index (χ3v) is 6.75. The smallest absolute Gasteiger partial charge is 0.222 e. The number of ether oxygens (including phenoxy) is 3. The van der Waals surface area contributed by atoms with E-state index in [4.69, 9.17) is 14.2 Å². The Bertz CT molecular complexity index is 876. The Morgan fingerprint density at radius 3 is 2.21 bits per heavy atom. The van der Waals surface area contributed by atoms with Crippen LogP contribution in [0.1, 0.15) is 63.5 Å². The second-order valence-corrected chi connectivity index (χ2v) is 9.55. The van der Waals surface area contributed by atoms with Crippen LogP contribution in [0, 0.1) is 5.92 Å². The van der Waals surface area contributed by atoms with Gasteiger partial charge in [-0.05, 0) is 80.3 Å². The quantitative estimate of drug-likeness (QED) is 0.455. The highest BCUT2D eigenvalue weighted by Gasteiger charge is 2.34. The van der Waals surface area contributed by atoms with Crippen LogP contribution in [0.15, 0.2) is 48.5 Å². The van der Waals surface area contributed by atoms with Crippen molar-refractivity contribution in [3.05, 3.63) is 59.7 Å². The number of hydrogen-bond donors (Lipinski definition) is 0. The molecule has 0 radical (unpaired) electrons. The van der Waals surface area contributed by atoms with Gasteiger partial charge >= 0.3 is 0 Å². The van der Waals surface area contributed by atoms with Gasteiger partial charge in [-0.3, -0.25) is 4.79 Å². The Morgan fingerprint density at radius 2 is 1.67 bits per heavy atom. The molecule has 1 amide bonds. The molecule has 5 nitrogen and oxygen atoms in total. The van der Waals surface area contributed by atoms with Crippen molar-refractivity contribution < 1.29 is 19.0 Å². The first-order valence-corrected chi connectivity index (χ1v) is 12.0. The Morgan fingerprint density at radius 1 is 1.06 bits per heavy atom. The summed E-state index contributed by atoms with van der Waals surface area (Å²) in [5.74, 6) is 2.76. The summed E-state index contributed by atoms with van der Waals surface area (Å²) in [4.78, 5) is 14.8. The largest absolute Gasteiger partial charge is 0.497 e. The van der Waals surface area contributed by atoms with Gasteiger partial charge in [0.1, 0.15) is 11.5 Å². The molecule has 1 aliphatic heterocycles. The highest BCUT2D eigenvalue weighted by atomic mass is 16.5. The number of hydrogen-bond acceptors (Lipinski definition) is 4. The Balaban J connectivity index is 1.78. The molecule has 0 bridgehead atoms. The van der Waals surface area contributed by atoms with Crippen molar-refractivity contribution in [3.63, 3.8) is 0 Å². The zero-order valence-corrected chi connectivity index (χ0v) is 20.8. The molecule has 0 aliphatic carbocycles. The van der Waals surface area contributed by atoms with Crippen molar-refractivity contribution in [2.24, 2.45) is 5.92 Å². The van der Waals surface area contributed by atoms with E-state index in [-0.39, 0.29) is 11.5 Å². The van der Waals surface area contributed by atoms with E-state index in [1.54, 1.807) is 14.2 Å². The summed E-state index contributed by atoms with van der Waals surface area (Å²) in [7, 11) is 3.36. The molecule has 0 unspecified atom stereocenters. The molecular formula is C28H39NO4. The maximum atomic E-state index is 12.8. The van der Waals surface area contributed by atoms with Crippen LogP contribution >= 0.6 is 0 Å². The van der Waals surface area contributed by atoms with Crippen molar-refractivity contribution in [1.82, 2.24) is 4.90 Å². The molecule has 2 aromatic carbocycles. The SMILES string of the molecule is CCC(=O)N(CC[C@@H](c1ccc(OC)cc1)[C@H]1CCOC(C)(C)C1)Cc1ccc(OC)cc1. The molecule has 5 heteroatoms. The third kappa shape index (κ3) is 6.97. The van der Waals surface area contributed by atoms with Gasteiger partial charge in [0.25, 0.3) is 0 Å². The lowest BCUT2D eigenvalue weighted by Gasteiger charge is -2.40. The van der Waals surface area contributed by atoms with Crippen molar-refractivity contribution in [1.29, 1.82) is 0 Å². The molecule has 0 aromatic heterocycles. The topological polar surface area (TPSA) is 48.0 Å². The lowest BCUT2D eigenvalue weighted by atomic mass is 9.75. The Labute approximate surface area is 199 Å². The summed E-state index contributed by atoms with van der Waals surface area (Å²) in [6, 6.07) is 16.4. The number of carbonyl (C=O) groups excluding carboxylic acids is 1. The van der Waals surface area contributed by atoms with Gasteiger partial charge in [0, 0.05) is 26.1 Å². The normalized spacial score (nSPS) is 18.4. The standard InChI is InChI=1S/C28H39NO4/c1-6-27(30)29(20-21-7-11-24(31-4)12-8-21)17-15-26(22-9-13-25(32-5)14-10-22)23-16-18-33-28(2,3)19-23/h7-14,23,26H,6,15-20H2,1-5H3/t23-,26-/m0/s1. The summed E-state index contributed by atoms with van der Waals surface area (Å²) >= 11 is 0. The van der Waals surface area contributed by atoms with Gasteiger partial charge in [-0.2, -0.15) is 0 Å². The van der Waals surface area contributed by atoms with E-state index in [2.05, 4.69) is 26.0 Å². The van der Waals surface area contributed by atoms with Crippen LogP contribution < -0.4 is 9.47 Å². The molecular weight excluding hydrogens is 414 g/mol. The number of nitrogens with zero attached hydrogens (tertiary/aromatic N) is 1. The summed E-state index contributed by atoms with van der Waals surface area (Å²) in [6.45, 7) is 8.43. The fourth-order valence-electron chi connectivity index (χ4n) is 4.91. The second-order valence-electron chi connectivity index (χ2n) is 9.55. The number of rotatable bonds is 10. The molecule has 3 rings (SSSR count). The first kappa shape index (κ1) is 25.1. The zero-order chi connectivity index (χ0) is 23.8. The van der Waals surface area contributed by atoms with Gasteiger partial charge in [-0.15, -0.1) is 0 Å². The summed E-state index contributed by atoms with van der Waals surface area (Å²) < 4.78 is 16.6. The molecule has 33 heavy (non-hydrogen) atoms. The van der Waals surface area contributed by atoms with Crippen LogP contribution in [-0.2, 0) is 16.1 Å². The van der Waals surface area contributed by atoms with Gasteiger partial charge in [-0.1, -0.05) is 31.2 Å². The molecule has 1 aliphatic rings. The van der Waals surface area contributed by atoms with Crippen molar-refractivity contribution in [2.45, 2.75) is 64.5 Å². The monoisotopic (exact) mass is 453 g/mol. The maximum absolute atomic E-state index is 12.8. The first-order chi connectivity index (χ1) is 15.8. The predicted octanol–water partition coefficient (Wildman–Crippen LogP) is 5.82. The fourth-order valence-corrected chi connectivity index (χ4v) is 4.91. The lowest BCUT2D eigenvalue weighted by Crippen LogP contribution is -2.37. The van der Waals surface area contributed by atoms with E-state index in [1.165, 1.54) is 5.56 Å². The van der Waals surface area contributed by atoms with Crippen molar-refractivity contribution >= 4 is 5.91 Å². The van der Waals surface area contributed by atoms with E-state index in [1.807, 2.05) is 48.2 Å². The Hall–Kier alpha value is -2.53. The minimum absolute atomic E-state index is 0.115. The molecule has 0 spiro atoms. The zero-order valence-electron chi connectivity index (χ0n) is 20.8. The van der Waals surface area contributed by atoms with Crippen molar-refractivity contribution in [2.75, 3.05) is 27.4 Å². The first-order valence-electron chi connectivity index (χ1n) is 12.0. The van der Waals surface area contributed by atoms with Crippen LogP contribution in [0.3, 0.4) is 0 Å². The van der Waals surface area contributed by atoms with Gasteiger partial charge in [-0.25, -0.2) is 0 Å². The van der Waals surface area contributed by atoms with E-state index in [9.17, 15) is 4.79 Å². The highest BCUT2D eigenvalue weighted by Crippen LogP contribution is 2.40. The molecule has 2 aromatic rings. The van der Waals surface area contributed by atoms with Gasteiger partial charge < -0.3 is 19.1 Å². The van der Waals surface area contributed by atoms with Crippen LogP contribution in [-0.4, -0.2) is 43.8 Å². The Kier molecular flexibility index (Phi) is 8.79. The molecule has 0 N–H and O–H groups in total. The van der Waals surface area contributed by atoms with Crippen LogP contribution in [0.4, 0.5) is 0 Å². The van der Waals surface area contributed by atoms with Gasteiger partial charge in [0.15, 0.2) is 0 Å². The van der Waals surface area contributed by atoms with Crippen molar-refractivity contribution in [3.8, 4) is 11.5 Å². The maximum Gasteiger partial charge on any atom is 0.222 e. The summed E-state index contributed by atoms with van der Waals surface area (Å²) in [5, 5.41) is 0. The van der Waals surface area contributed by atoms with E-state index < -0.39 is 0 Å². The second kappa shape index (κ2) is 11.6. The number of carbonyl (C=O) groups is 1. The van der Waals surface area contributed by atoms with E-state index >= 15 is 0 Å². The summed E-state index contributed by atoms with van der Waals surface area (Å²) in [6.07, 6.45) is 3.49. The molecule has 180 valence electrons. The average Bonchev–Trinajstić information content (AvgIpc) is 2.83. The van der Waals surface area contributed by atoms with Gasteiger partial charge in [0.05, 0.1) is 19.8 Å².